The van der Waals surface area contributed by atoms with E-state index in [-0.39, 0.29) is 0 Å². The van der Waals surface area contributed by atoms with E-state index in [0.717, 1.165) is 23.1 Å². The predicted molar refractivity (Wildman–Crippen MR) is 65.9 cm³/mol. The van der Waals surface area contributed by atoms with E-state index in [2.05, 4.69) is 17.0 Å². The van der Waals surface area contributed by atoms with Gasteiger partial charge < -0.3 is 10.6 Å². The van der Waals surface area contributed by atoms with Gasteiger partial charge in [0.25, 0.3) is 0 Å². The van der Waals surface area contributed by atoms with Crippen LogP contribution >= 0.6 is 0 Å². The third-order valence-electron chi connectivity index (χ3n) is 2.56. The number of allylic oxidation sites excluding steroid dienone is 1. The zero-order valence-corrected chi connectivity index (χ0v) is 9.21. The molecule has 0 aliphatic carbocycles. The summed E-state index contributed by atoms with van der Waals surface area (Å²) in [5, 5.41) is 8.62. The second-order valence-corrected chi connectivity index (χ2v) is 3.56. The molecule has 0 atom stereocenters. The number of carbonyl (C=O) groups is 1. The van der Waals surface area contributed by atoms with E-state index in [9.17, 15) is 4.79 Å². The molecule has 5 nitrogen and oxygen atoms in total. The Hall–Kier alpha value is -2.43. The van der Waals surface area contributed by atoms with Gasteiger partial charge in [0.2, 0.25) is 0 Å². The van der Waals surface area contributed by atoms with Crippen LogP contribution in [0.4, 0.5) is 5.69 Å². The van der Waals surface area contributed by atoms with E-state index in [1.165, 1.54) is 0 Å². The Bertz CT molecular complexity index is 519. The number of hydrogen-bond acceptors (Lipinski definition) is 3. The number of anilines is 1. The lowest BCUT2D eigenvalue weighted by Crippen LogP contribution is -2.17. The van der Waals surface area contributed by atoms with Crippen LogP contribution in [0.5, 0.6) is 0 Å². The quantitative estimate of drug-likeness (QED) is 0.372. The molecule has 2 N–H and O–H groups in total. The summed E-state index contributed by atoms with van der Waals surface area (Å²) in [6, 6.07) is 5.65. The summed E-state index contributed by atoms with van der Waals surface area (Å²) in [7, 11) is 0. The summed E-state index contributed by atoms with van der Waals surface area (Å²) in [6.45, 7) is 3.85. The molecule has 2 rings (SSSR count). The predicted octanol–water partition coefficient (Wildman–Crippen LogP) is 2.02. The van der Waals surface area contributed by atoms with E-state index < -0.39 is 0 Å². The minimum Gasteiger partial charge on any atom is -0.303 e. The van der Waals surface area contributed by atoms with Gasteiger partial charge in [-0.25, -0.2) is 5.01 Å². The third-order valence-corrected chi connectivity index (χ3v) is 2.56. The average Bonchev–Trinajstić information content (AvgIpc) is 2.34. The Balaban J connectivity index is 2.55. The normalized spacial score (nSPS) is 14.1. The molecular weight excluding hydrogens is 216 g/mol. The number of nitrogens with zero attached hydrogens (tertiary/aromatic N) is 3. The largest absolute Gasteiger partial charge is 0.303 e. The van der Waals surface area contributed by atoms with E-state index in [0.29, 0.717) is 12.1 Å². The van der Waals surface area contributed by atoms with Gasteiger partial charge in [0.05, 0.1) is 11.4 Å². The maximum Gasteiger partial charge on any atom is 0.124 e. The molecule has 0 fully saturated rings. The van der Waals surface area contributed by atoms with Crippen molar-refractivity contribution in [3.63, 3.8) is 0 Å². The average molecular weight is 228 g/mol. The molecule has 1 aliphatic heterocycles. The molecule has 17 heavy (non-hydrogen) atoms. The van der Waals surface area contributed by atoms with Gasteiger partial charge in [-0.05, 0) is 22.9 Å². The first kappa shape index (κ1) is 11.1. The minimum absolute atomic E-state index is 0.369. The number of carbonyl (C=O) groups excluding carboxylic acids is 1. The SMILES string of the molecule is C=C1C=Cc2c(CC=O)cccc2N1/N=N\N. The number of nitrogens with two attached hydrogens (primary N) is 1. The standard InChI is InChI=1S/C12H12N4O/c1-9-5-6-11-10(7-8-17)3-2-4-12(11)16(9)15-14-13/h2-6,8H,1,7H2,(H2,13,15). The molecule has 1 aromatic rings. The molecule has 0 aromatic heterocycles. The third kappa shape index (κ3) is 1.94. The van der Waals surface area contributed by atoms with Crippen LogP contribution in [0.3, 0.4) is 0 Å². The number of fused-ring (bicyclic) bond motifs is 1. The maximum absolute atomic E-state index is 10.6. The van der Waals surface area contributed by atoms with Crippen LogP contribution in [-0.2, 0) is 11.2 Å². The lowest BCUT2D eigenvalue weighted by atomic mass is 9.99. The van der Waals surface area contributed by atoms with Crippen molar-refractivity contribution in [3.05, 3.63) is 47.7 Å². The molecule has 5 heteroatoms. The summed E-state index contributed by atoms with van der Waals surface area (Å²) in [5.41, 5.74) is 3.39. The highest BCUT2D eigenvalue weighted by molar-refractivity contribution is 5.79. The fraction of sp³-hybridized carbons (Fsp3) is 0.0833. The van der Waals surface area contributed by atoms with Crippen molar-refractivity contribution in [2.24, 2.45) is 16.3 Å². The molecule has 1 aromatic carbocycles. The zero-order valence-electron chi connectivity index (χ0n) is 9.21. The second-order valence-electron chi connectivity index (χ2n) is 3.56. The summed E-state index contributed by atoms with van der Waals surface area (Å²) in [5.74, 6) is 5.07. The van der Waals surface area contributed by atoms with E-state index in [1.54, 1.807) is 5.01 Å². The van der Waals surface area contributed by atoms with Crippen LogP contribution in [0.25, 0.3) is 6.08 Å². The zero-order chi connectivity index (χ0) is 12.3. The van der Waals surface area contributed by atoms with Crippen molar-refractivity contribution >= 4 is 18.0 Å². The van der Waals surface area contributed by atoms with Crippen molar-refractivity contribution in [2.75, 3.05) is 5.01 Å². The Morgan fingerprint density at radius 3 is 2.94 bits per heavy atom. The van der Waals surface area contributed by atoms with Crippen molar-refractivity contribution in [1.82, 2.24) is 0 Å². The van der Waals surface area contributed by atoms with Crippen LogP contribution in [0.15, 0.2) is 47.0 Å². The van der Waals surface area contributed by atoms with Crippen molar-refractivity contribution in [1.29, 1.82) is 0 Å². The Kier molecular flexibility index (Phi) is 3.00. The maximum atomic E-state index is 10.6. The highest BCUT2D eigenvalue weighted by Gasteiger charge is 2.18. The summed E-state index contributed by atoms with van der Waals surface area (Å²) < 4.78 is 0. The summed E-state index contributed by atoms with van der Waals surface area (Å²) >= 11 is 0. The lowest BCUT2D eigenvalue weighted by molar-refractivity contribution is -0.107. The highest BCUT2D eigenvalue weighted by Crippen LogP contribution is 2.32. The van der Waals surface area contributed by atoms with Crippen LogP contribution in [0, 0.1) is 0 Å². The Labute approximate surface area is 98.9 Å². The van der Waals surface area contributed by atoms with E-state index >= 15 is 0 Å². The Morgan fingerprint density at radius 1 is 1.41 bits per heavy atom. The smallest absolute Gasteiger partial charge is 0.124 e. The van der Waals surface area contributed by atoms with Crippen LogP contribution < -0.4 is 10.9 Å². The number of rotatable bonds is 3. The van der Waals surface area contributed by atoms with Gasteiger partial charge >= 0.3 is 0 Å². The molecule has 0 spiro atoms. The number of hydrogen-bond donors (Lipinski definition) is 1. The fourth-order valence-corrected chi connectivity index (χ4v) is 1.81. The lowest BCUT2D eigenvalue weighted by Gasteiger charge is -2.24. The van der Waals surface area contributed by atoms with Gasteiger partial charge in [-0.15, -0.1) is 0 Å². The molecule has 0 saturated carbocycles. The first-order valence-electron chi connectivity index (χ1n) is 5.11. The van der Waals surface area contributed by atoms with Crippen LogP contribution in [0.1, 0.15) is 11.1 Å². The van der Waals surface area contributed by atoms with Gasteiger partial charge in [-0.3, -0.25) is 0 Å². The van der Waals surface area contributed by atoms with E-state index in [4.69, 9.17) is 5.84 Å². The molecular formula is C12H12N4O. The fourth-order valence-electron chi connectivity index (χ4n) is 1.81. The Morgan fingerprint density at radius 2 is 2.24 bits per heavy atom. The van der Waals surface area contributed by atoms with Gasteiger partial charge in [-0.2, -0.15) is 0 Å². The molecule has 0 saturated heterocycles. The van der Waals surface area contributed by atoms with Crippen molar-refractivity contribution < 1.29 is 4.79 Å². The van der Waals surface area contributed by atoms with Gasteiger partial charge in [-0.1, -0.05) is 30.0 Å². The number of aldehydes is 1. The molecule has 0 amide bonds. The molecule has 0 bridgehead atoms. The van der Waals surface area contributed by atoms with Crippen molar-refractivity contribution in [2.45, 2.75) is 6.42 Å². The molecule has 1 heterocycles. The molecule has 1 aliphatic rings. The molecule has 86 valence electrons. The minimum atomic E-state index is 0.369. The van der Waals surface area contributed by atoms with Gasteiger partial charge in [0.1, 0.15) is 6.29 Å². The van der Waals surface area contributed by atoms with Crippen LogP contribution in [0.2, 0.25) is 0 Å². The number of benzene rings is 1. The summed E-state index contributed by atoms with van der Waals surface area (Å²) in [6.07, 6.45) is 4.97. The van der Waals surface area contributed by atoms with Crippen LogP contribution in [-0.4, -0.2) is 6.29 Å². The summed E-state index contributed by atoms with van der Waals surface area (Å²) in [4.78, 5) is 10.6. The highest BCUT2D eigenvalue weighted by atomic mass is 16.1. The van der Waals surface area contributed by atoms with Crippen molar-refractivity contribution in [3.8, 4) is 0 Å². The van der Waals surface area contributed by atoms with Gasteiger partial charge in [0, 0.05) is 12.0 Å². The monoisotopic (exact) mass is 228 g/mol. The second kappa shape index (κ2) is 4.61. The van der Waals surface area contributed by atoms with Gasteiger partial charge in [0.15, 0.2) is 0 Å². The molecule has 0 unspecified atom stereocenters. The van der Waals surface area contributed by atoms with E-state index in [1.807, 2.05) is 30.4 Å². The first-order valence-corrected chi connectivity index (χ1v) is 5.11. The molecule has 0 radical (unpaired) electrons. The first-order chi connectivity index (χ1) is 8.27. The topological polar surface area (TPSA) is 71.0 Å².